The molecule has 0 saturated carbocycles. The number of halogens is 1. The van der Waals surface area contributed by atoms with Crippen LogP contribution in [0.2, 0.25) is 0 Å². The number of aryl methyl sites for hydroxylation is 2. The van der Waals surface area contributed by atoms with Gasteiger partial charge < -0.3 is 5.73 Å². The molecule has 0 aromatic heterocycles. The van der Waals surface area contributed by atoms with E-state index in [0.717, 1.165) is 15.6 Å². The van der Waals surface area contributed by atoms with Gasteiger partial charge in [-0.05, 0) is 48.7 Å². The second-order valence-electron chi connectivity index (χ2n) is 4.79. The lowest BCUT2D eigenvalue weighted by molar-refractivity contribution is 0.600. The van der Waals surface area contributed by atoms with E-state index in [1.54, 1.807) is 18.2 Å². The van der Waals surface area contributed by atoms with Crippen LogP contribution in [0, 0.1) is 6.92 Å². The lowest BCUT2D eigenvalue weighted by Crippen LogP contribution is -2.16. The molecule has 2 rings (SSSR count). The highest BCUT2D eigenvalue weighted by molar-refractivity contribution is 9.10. The molecule has 112 valence electrons. The van der Waals surface area contributed by atoms with Crippen molar-refractivity contribution in [2.45, 2.75) is 25.2 Å². The van der Waals surface area contributed by atoms with E-state index in [1.165, 1.54) is 6.07 Å². The topological polar surface area (TPSA) is 72.2 Å². The lowest BCUT2D eigenvalue weighted by Gasteiger charge is -2.14. The number of nitrogens with one attached hydrogen (secondary N) is 1. The summed E-state index contributed by atoms with van der Waals surface area (Å²) in [5, 5.41) is 0. The van der Waals surface area contributed by atoms with E-state index >= 15 is 0 Å². The molecular formula is C15H17BrN2O2S. The summed E-state index contributed by atoms with van der Waals surface area (Å²) in [6.45, 7) is 3.76. The van der Waals surface area contributed by atoms with E-state index < -0.39 is 10.0 Å². The zero-order valence-electron chi connectivity index (χ0n) is 11.9. The van der Waals surface area contributed by atoms with Crippen molar-refractivity contribution in [3.63, 3.8) is 0 Å². The highest BCUT2D eigenvalue weighted by Gasteiger charge is 2.19. The fourth-order valence-corrected chi connectivity index (χ4v) is 3.85. The minimum Gasteiger partial charge on any atom is -0.399 e. The van der Waals surface area contributed by atoms with E-state index in [9.17, 15) is 8.42 Å². The van der Waals surface area contributed by atoms with Gasteiger partial charge in [0, 0.05) is 10.2 Å². The smallest absolute Gasteiger partial charge is 0.262 e. The summed E-state index contributed by atoms with van der Waals surface area (Å²) in [7, 11) is -3.67. The van der Waals surface area contributed by atoms with Gasteiger partial charge in [0.15, 0.2) is 0 Å². The number of hydrogen-bond donors (Lipinski definition) is 2. The molecule has 0 aliphatic carbocycles. The molecule has 0 heterocycles. The molecule has 3 N–H and O–H groups in total. The Labute approximate surface area is 133 Å². The maximum absolute atomic E-state index is 12.6. The molecule has 0 fully saturated rings. The van der Waals surface area contributed by atoms with Crippen molar-refractivity contribution in [1.29, 1.82) is 0 Å². The second-order valence-corrected chi connectivity index (χ2v) is 7.35. The van der Waals surface area contributed by atoms with Crippen LogP contribution >= 0.6 is 15.9 Å². The lowest BCUT2D eigenvalue weighted by atomic mass is 10.1. The van der Waals surface area contributed by atoms with Crippen molar-refractivity contribution >= 4 is 37.3 Å². The SMILES string of the molecule is CCc1ccc(N)cc1S(=O)(=O)Nc1cc(Br)ccc1C. The first-order valence-electron chi connectivity index (χ1n) is 6.51. The summed E-state index contributed by atoms with van der Waals surface area (Å²) >= 11 is 3.35. The van der Waals surface area contributed by atoms with E-state index in [4.69, 9.17) is 5.73 Å². The van der Waals surface area contributed by atoms with Crippen molar-refractivity contribution in [2.75, 3.05) is 10.5 Å². The first kappa shape index (κ1) is 15.9. The molecule has 0 aliphatic heterocycles. The van der Waals surface area contributed by atoms with Crippen LogP contribution in [0.25, 0.3) is 0 Å². The fourth-order valence-electron chi connectivity index (χ4n) is 2.02. The van der Waals surface area contributed by atoms with Gasteiger partial charge >= 0.3 is 0 Å². The third kappa shape index (κ3) is 3.57. The van der Waals surface area contributed by atoms with Gasteiger partial charge in [0.2, 0.25) is 0 Å². The molecule has 0 unspecified atom stereocenters. The molecule has 4 nitrogen and oxygen atoms in total. The summed E-state index contributed by atoms with van der Waals surface area (Å²) in [5.41, 5.74) is 8.30. The van der Waals surface area contributed by atoms with Crippen LogP contribution in [-0.2, 0) is 16.4 Å². The number of nitrogen functional groups attached to an aromatic ring is 1. The number of hydrogen-bond acceptors (Lipinski definition) is 3. The first-order chi connectivity index (χ1) is 9.83. The molecule has 0 radical (unpaired) electrons. The van der Waals surface area contributed by atoms with Crippen molar-refractivity contribution in [3.05, 3.63) is 52.0 Å². The molecule has 0 spiro atoms. The Balaban J connectivity index is 2.48. The van der Waals surface area contributed by atoms with Crippen molar-refractivity contribution < 1.29 is 8.42 Å². The van der Waals surface area contributed by atoms with Crippen molar-refractivity contribution in [3.8, 4) is 0 Å². The molecule has 21 heavy (non-hydrogen) atoms. The van der Waals surface area contributed by atoms with E-state index in [1.807, 2.05) is 26.0 Å². The molecule has 0 bridgehead atoms. The minimum atomic E-state index is -3.67. The van der Waals surface area contributed by atoms with Crippen LogP contribution in [0.1, 0.15) is 18.1 Å². The summed E-state index contributed by atoms with van der Waals surface area (Å²) in [5.74, 6) is 0. The molecule has 2 aromatic carbocycles. The molecule has 0 amide bonds. The van der Waals surface area contributed by atoms with Gasteiger partial charge in [-0.1, -0.05) is 35.0 Å². The highest BCUT2D eigenvalue weighted by Crippen LogP contribution is 2.26. The number of sulfonamides is 1. The van der Waals surface area contributed by atoms with E-state index in [0.29, 0.717) is 17.8 Å². The predicted molar refractivity (Wildman–Crippen MR) is 89.9 cm³/mol. The van der Waals surface area contributed by atoms with Crippen LogP contribution in [-0.4, -0.2) is 8.42 Å². The zero-order chi connectivity index (χ0) is 15.6. The minimum absolute atomic E-state index is 0.226. The maximum Gasteiger partial charge on any atom is 0.262 e. The molecule has 6 heteroatoms. The number of anilines is 2. The number of rotatable bonds is 4. The molecule has 0 aliphatic rings. The Morgan fingerprint density at radius 2 is 1.90 bits per heavy atom. The Hall–Kier alpha value is -1.53. The van der Waals surface area contributed by atoms with Gasteiger partial charge in [0.1, 0.15) is 0 Å². The number of nitrogens with two attached hydrogens (primary N) is 1. The van der Waals surface area contributed by atoms with Gasteiger partial charge in [-0.15, -0.1) is 0 Å². The van der Waals surface area contributed by atoms with Crippen LogP contribution < -0.4 is 10.5 Å². The maximum atomic E-state index is 12.6. The quantitative estimate of drug-likeness (QED) is 0.808. The van der Waals surface area contributed by atoms with Crippen molar-refractivity contribution in [2.24, 2.45) is 0 Å². The van der Waals surface area contributed by atoms with Gasteiger partial charge in [-0.25, -0.2) is 8.42 Å². The average Bonchev–Trinajstić information content (AvgIpc) is 2.42. The van der Waals surface area contributed by atoms with Crippen LogP contribution in [0.5, 0.6) is 0 Å². The zero-order valence-corrected chi connectivity index (χ0v) is 14.3. The molecule has 2 aromatic rings. The van der Waals surface area contributed by atoms with Gasteiger partial charge in [0.25, 0.3) is 10.0 Å². The third-order valence-corrected chi connectivity index (χ3v) is 5.15. The van der Waals surface area contributed by atoms with Crippen molar-refractivity contribution in [1.82, 2.24) is 0 Å². The summed E-state index contributed by atoms with van der Waals surface area (Å²) in [6, 6.07) is 10.4. The van der Waals surface area contributed by atoms with E-state index in [-0.39, 0.29) is 4.90 Å². The fraction of sp³-hybridized carbons (Fsp3) is 0.200. The molecular weight excluding hydrogens is 352 g/mol. The van der Waals surface area contributed by atoms with Crippen LogP contribution in [0.3, 0.4) is 0 Å². The monoisotopic (exact) mass is 368 g/mol. The predicted octanol–water partition coefficient (Wildman–Crippen LogP) is 3.70. The first-order valence-corrected chi connectivity index (χ1v) is 8.78. The summed E-state index contributed by atoms with van der Waals surface area (Å²) < 4.78 is 28.7. The largest absolute Gasteiger partial charge is 0.399 e. The van der Waals surface area contributed by atoms with E-state index in [2.05, 4.69) is 20.7 Å². The van der Waals surface area contributed by atoms with Crippen LogP contribution in [0.4, 0.5) is 11.4 Å². The van der Waals surface area contributed by atoms with Gasteiger partial charge in [0.05, 0.1) is 10.6 Å². The Morgan fingerprint density at radius 3 is 2.57 bits per heavy atom. The second kappa shape index (κ2) is 6.07. The Bertz CT molecular complexity index is 773. The Kier molecular flexibility index (Phi) is 4.58. The standard InChI is InChI=1S/C15H17BrN2O2S/c1-3-11-5-7-13(17)9-15(11)21(19,20)18-14-8-12(16)6-4-10(14)2/h4-9,18H,3,17H2,1-2H3. The highest BCUT2D eigenvalue weighted by atomic mass is 79.9. The normalized spacial score (nSPS) is 11.4. The molecule has 0 saturated heterocycles. The third-order valence-electron chi connectivity index (χ3n) is 3.21. The van der Waals surface area contributed by atoms with Gasteiger partial charge in [-0.3, -0.25) is 4.72 Å². The number of benzene rings is 2. The average molecular weight is 369 g/mol. The van der Waals surface area contributed by atoms with Crippen LogP contribution in [0.15, 0.2) is 45.8 Å². The summed E-state index contributed by atoms with van der Waals surface area (Å²) in [6.07, 6.45) is 0.619. The van der Waals surface area contributed by atoms with Gasteiger partial charge in [-0.2, -0.15) is 0 Å². The summed E-state index contributed by atoms with van der Waals surface area (Å²) in [4.78, 5) is 0.226. The molecule has 0 atom stereocenters. The Morgan fingerprint density at radius 1 is 1.19 bits per heavy atom.